The quantitative estimate of drug-likeness (QED) is 0.510. The second-order valence-electron chi connectivity index (χ2n) is 6.48. The van der Waals surface area contributed by atoms with Crippen LogP contribution >= 0.6 is 0 Å². The maximum absolute atomic E-state index is 12.1. The molecule has 0 aliphatic rings. The van der Waals surface area contributed by atoms with E-state index in [-0.39, 0.29) is 24.7 Å². The van der Waals surface area contributed by atoms with E-state index in [4.69, 9.17) is 4.74 Å². The normalized spacial score (nSPS) is 10.7. The molecule has 0 aliphatic carbocycles. The monoisotopic (exact) mass is 381 g/mol. The van der Waals surface area contributed by atoms with E-state index < -0.39 is 0 Å². The van der Waals surface area contributed by atoms with E-state index in [1.165, 1.54) is 0 Å². The lowest BCUT2D eigenvalue weighted by molar-refractivity contribution is -0.124. The molecule has 0 radical (unpaired) electrons. The van der Waals surface area contributed by atoms with Crippen molar-refractivity contribution in [2.24, 2.45) is 5.10 Å². The molecule has 0 spiro atoms. The van der Waals surface area contributed by atoms with Crippen LogP contribution in [0.25, 0.3) is 0 Å². The summed E-state index contributed by atoms with van der Waals surface area (Å²) in [6, 6.07) is 13.2. The van der Waals surface area contributed by atoms with Gasteiger partial charge in [0.15, 0.2) is 0 Å². The number of nitrogens with zero attached hydrogens (tertiary/aromatic N) is 1. The second-order valence-corrected chi connectivity index (χ2v) is 6.48. The van der Waals surface area contributed by atoms with Gasteiger partial charge in [0.2, 0.25) is 11.8 Å². The topological polar surface area (TPSA) is 79.8 Å². The average Bonchev–Trinajstić information content (AvgIpc) is 2.69. The van der Waals surface area contributed by atoms with Crippen molar-refractivity contribution in [1.82, 2.24) is 5.43 Å². The molecule has 2 rings (SSSR count). The molecule has 0 heterocycles. The lowest BCUT2D eigenvalue weighted by Crippen LogP contribution is -2.21. The first-order chi connectivity index (χ1) is 13.5. The largest absolute Gasteiger partial charge is 0.493 e. The molecular formula is C22H27N3O3. The van der Waals surface area contributed by atoms with E-state index in [2.05, 4.69) is 15.8 Å². The molecule has 0 saturated heterocycles. The molecule has 6 nitrogen and oxygen atoms in total. The van der Waals surface area contributed by atoms with E-state index in [1.807, 2.05) is 63.2 Å². The standard InChI is InChI=1S/C22H27N3O3/c1-4-14-28-20-11-6-5-9-18(20)15-23-25-22(27)13-12-21(26)24-19-10-7-8-16(2)17(19)3/h5-11,15H,4,12-14H2,1-3H3,(H,24,26)(H,25,27). The summed E-state index contributed by atoms with van der Waals surface area (Å²) >= 11 is 0. The zero-order chi connectivity index (χ0) is 20.4. The van der Waals surface area contributed by atoms with Gasteiger partial charge in [-0.1, -0.05) is 31.2 Å². The summed E-state index contributed by atoms with van der Waals surface area (Å²) in [5.41, 5.74) is 6.13. The summed E-state index contributed by atoms with van der Waals surface area (Å²) in [5.74, 6) is 0.195. The van der Waals surface area contributed by atoms with Crippen molar-refractivity contribution in [3.05, 3.63) is 59.2 Å². The van der Waals surface area contributed by atoms with Crippen molar-refractivity contribution in [1.29, 1.82) is 0 Å². The van der Waals surface area contributed by atoms with Crippen LogP contribution in [-0.4, -0.2) is 24.6 Å². The molecule has 2 aromatic carbocycles. The van der Waals surface area contributed by atoms with Crippen molar-refractivity contribution in [3.63, 3.8) is 0 Å². The van der Waals surface area contributed by atoms with Crippen LogP contribution in [0.1, 0.15) is 42.9 Å². The Morgan fingerprint density at radius 1 is 1.04 bits per heavy atom. The maximum atomic E-state index is 12.1. The molecule has 28 heavy (non-hydrogen) atoms. The smallest absolute Gasteiger partial charge is 0.240 e. The van der Waals surface area contributed by atoms with Gasteiger partial charge in [-0.2, -0.15) is 5.10 Å². The number of hydrogen-bond acceptors (Lipinski definition) is 4. The fourth-order valence-electron chi connectivity index (χ4n) is 2.49. The number of hydrazone groups is 1. The number of anilines is 1. The van der Waals surface area contributed by atoms with Crippen LogP contribution in [0.5, 0.6) is 5.75 Å². The number of aryl methyl sites for hydroxylation is 1. The first-order valence-corrected chi connectivity index (χ1v) is 9.41. The Kier molecular flexibility index (Phi) is 8.21. The van der Waals surface area contributed by atoms with E-state index in [9.17, 15) is 9.59 Å². The Morgan fingerprint density at radius 2 is 1.79 bits per heavy atom. The van der Waals surface area contributed by atoms with Crippen LogP contribution in [0.15, 0.2) is 47.6 Å². The number of carbonyl (C=O) groups is 2. The van der Waals surface area contributed by atoms with Crippen molar-refractivity contribution in [2.45, 2.75) is 40.0 Å². The van der Waals surface area contributed by atoms with Crippen LogP contribution in [-0.2, 0) is 9.59 Å². The summed E-state index contributed by atoms with van der Waals surface area (Å²) in [6.07, 6.45) is 2.60. The van der Waals surface area contributed by atoms with Crippen LogP contribution < -0.4 is 15.5 Å². The minimum absolute atomic E-state index is 0.0576. The van der Waals surface area contributed by atoms with Crippen molar-refractivity contribution in [2.75, 3.05) is 11.9 Å². The number of rotatable bonds is 9. The highest BCUT2D eigenvalue weighted by Gasteiger charge is 2.09. The highest BCUT2D eigenvalue weighted by Crippen LogP contribution is 2.18. The summed E-state index contributed by atoms with van der Waals surface area (Å²) < 4.78 is 5.64. The fraction of sp³-hybridized carbons (Fsp3) is 0.318. The maximum Gasteiger partial charge on any atom is 0.240 e. The van der Waals surface area contributed by atoms with Crippen molar-refractivity contribution < 1.29 is 14.3 Å². The number of para-hydroxylation sites is 1. The van der Waals surface area contributed by atoms with Gasteiger partial charge in [-0.25, -0.2) is 5.43 Å². The third-order valence-electron chi connectivity index (χ3n) is 4.23. The molecule has 0 aromatic heterocycles. The minimum Gasteiger partial charge on any atom is -0.493 e. The van der Waals surface area contributed by atoms with Gasteiger partial charge in [-0.15, -0.1) is 0 Å². The van der Waals surface area contributed by atoms with Crippen molar-refractivity contribution in [3.8, 4) is 5.75 Å². The predicted octanol–water partition coefficient (Wildman–Crippen LogP) is 3.96. The highest BCUT2D eigenvalue weighted by molar-refractivity contribution is 5.94. The molecule has 2 aromatic rings. The molecule has 6 heteroatoms. The molecule has 0 fully saturated rings. The molecule has 0 bridgehead atoms. The van der Waals surface area contributed by atoms with Gasteiger partial charge in [-0.05, 0) is 49.6 Å². The van der Waals surface area contributed by atoms with Crippen LogP contribution in [0.4, 0.5) is 5.69 Å². The number of benzene rings is 2. The number of nitrogens with one attached hydrogen (secondary N) is 2. The molecular weight excluding hydrogens is 354 g/mol. The molecule has 0 saturated carbocycles. The predicted molar refractivity (Wildman–Crippen MR) is 112 cm³/mol. The number of amides is 2. The second kappa shape index (κ2) is 10.9. The SMILES string of the molecule is CCCOc1ccccc1C=NNC(=O)CCC(=O)Nc1cccc(C)c1C. The molecule has 0 atom stereocenters. The zero-order valence-corrected chi connectivity index (χ0v) is 16.6. The van der Waals surface area contributed by atoms with Gasteiger partial charge in [0, 0.05) is 24.1 Å². The Morgan fingerprint density at radius 3 is 2.57 bits per heavy atom. The minimum atomic E-state index is -0.320. The van der Waals surface area contributed by atoms with E-state index in [0.29, 0.717) is 6.61 Å². The molecule has 0 aliphatic heterocycles. The van der Waals surface area contributed by atoms with Gasteiger partial charge in [0.25, 0.3) is 0 Å². The van der Waals surface area contributed by atoms with E-state index in [1.54, 1.807) is 6.21 Å². The summed E-state index contributed by atoms with van der Waals surface area (Å²) in [5, 5.41) is 6.80. The third kappa shape index (κ3) is 6.54. The summed E-state index contributed by atoms with van der Waals surface area (Å²) in [4.78, 5) is 24.0. The van der Waals surface area contributed by atoms with Crippen molar-refractivity contribution >= 4 is 23.7 Å². The molecule has 2 amide bonds. The van der Waals surface area contributed by atoms with Crippen LogP contribution in [0.2, 0.25) is 0 Å². The van der Waals surface area contributed by atoms with Gasteiger partial charge in [0.05, 0.1) is 12.8 Å². The lowest BCUT2D eigenvalue weighted by atomic mass is 10.1. The Bertz CT molecular complexity index is 847. The Hall–Kier alpha value is -3.15. The number of carbonyl (C=O) groups excluding carboxylic acids is 2. The number of ether oxygens (including phenoxy) is 1. The van der Waals surface area contributed by atoms with Gasteiger partial charge < -0.3 is 10.1 Å². The third-order valence-corrected chi connectivity index (χ3v) is 4.23. The van der Waals surface area contributed by atoms with Gasteiger partial charge in [-0.3, -0.25) is 9.59 Å². The van der Waals surface area contributed by atoms with Crippen LogP contribution in [0, 0.1) is 13.8 Å². The summed E-state index contributed by atoms with van der Waals surface area (Å²) in [6.45, 7) is 6.59. The van der Waals surface area contributed by atoms with Crippen LogP contribution in [0.3, 0.4) is 0 Å². The Balaban J connectivity index is 1.80. The van der Waals surface area contributed by atoms with Gasteiger partial charge in [0.1, 0.15) is 5.75 Å². The zero-order valence-electron chi connectivity index (χ0n) is 16.6. The number of hydrogen-bond donors (Lipinski definition) is 2. The lowest BCUT2D eigenvalue weighted by Gasteiger charge is -2.10. The summed E-state index contributed by atoms with van der Waals surface area (Å²) in [7, 11) is 0. The Labute approximate surface area is 166 Å². The average molecular weight is 381 g/mol. The fourth-order valence-corrected chi connectivity index (χ4v) is 2.49. The first kappa shape index (κ1) is 21.2. The molecule has 0 unspecified atom stereocenters. The molecule has 2 N–H and O–H groups in total. The van der Waals surface area contributed by atoms with Gasteiger partial charge >= 0.3 is 0 Å². The first-order valence-electron chi connectivity index (χ1n) is 9.41. The highest BCUT2D eigenvalue weighted by atomic mass is 16.5. The molecule has 148 valence electrons. The van der Waals surface area contributed by atoms with E-state index in [0.717, 1.165) is 34.5 Å². The van der Waals surface area contributed by atoms with E-state index >= 15 is 0 Å².